The molecule has 3 heteroatoms. The summed E-state index contributed by atoms with van der Waals surface area (Å²) in [5, 5.41) is 3.31. The van der Waals surface area contributed by atoms with Crippen molar-refractivity contribution in [3.8, 4) is 0 Å². The zero-order valence-corrected chi connectivity index (χ0v) is 7.13. The van der Waals surface area contributed by atoms with Gasteiger partial charge in [0.2, 0.25) is 5.91 Å². The highest BCUT2D eigenvalue weighted by atomic mass is 16.1. The van der Waals surface area contributed by atoms with E-state index in [0.717, 1.165) is 12.8 Å². The minimum absolute atomic E-state index is 0.0335. The number of carbonyl (C=O) groups is 1. The van der Waals surface area contributed by atoms with E-state index in [1.165, 1.54) is 0 Å². The Morgan fingerprint density at radius 1 is 1.45 bits per heavy atom. The van der Waals surface area contributed by atoms with Crippen LogP contribution < -0.4 is 11.1 Å². The number of rotatable bonds is 1. The molecule has 1 aliphatic rings. The molecular formula is C8H16N2O. The lowest BCUT2D eigenvalue weighted by molar-refractivity contribution is -0.123. The van der Waals surface area contributed by atoms with Gasteiger partial charge in [0.1, 0.15) is 0 Å². The minimum Gasteiger partial charge on any atom is -0.369 e. The maximum atomic E-state index is 10.9. The van der Waals surface area contributed by atoms with Crippen LogP contribution in [0.3, 0.4) is 0 Å². The number of hydrogen-bond acceptors (Lipinski definition) is 2. The van der Waals surface area contributed by atoms with E-state index in [1.54, 1.807) is 0 Å². The van der Waals surface area contributed by atoms with Crippen LogP contribution in [0.2, 0.25) is 0 Å². The SMILES string of the molecule is CC1CCC(C(N)=O)C(C)N1. The van der Waals surface area contributed by atoms with Gasteiger partial charge in [0.15, 0.2) is 0 Å². The van der Waals surface area contributed by atoms with Gasteiger partial charge < -0.3 is 11.1 Å². The number of nitrogens with two attached hydrogens (primary N) is 1. The average Bonchev–Trinajstić information content (AvgIpc) is 1.85. The fourth-order valence-electron chi connectivity index (χ4n) is 1.72. The molecule has 3 nitrogen and oxygen atoms in total. The predicted molar refractivity (Wildman–Crippen MR) is 44.0 cm³/mol. The number of hydrogen-bond donors (Lipinski definition) is 2. The Hall–Kier alpha value is -0.570. The topological polar surface area (TPSA) is 55.1 Å². The van der Waals surface area contributed by atoms with Gasteiger partial charge in [0.25, 0.3) is 0 Å². The lowest BCUT2D eigenvalue weighted by Crippen LogP contribution is -2.48. The van der Waals surface area contributed by atoms with E-state index < -0.39 is 0 Å². The van der Waals surface area contributed by atoms with Crippen molar-refractivity contribution in [1.82, 2.24) is 5.32 Å². The van der Waals surface area contributed by atoms with Crippen molar-refractivity contribution in [2.45, 2.75) is 38.8 Å². The molecule has 0 radical (unpaired) electrons. The molecule has 11 heavy (non-hydrogen) atoms. The van der Waals surface area contributed by atoms with Gasteiger partial charge >= 0.3 is 0 Å². The summed E-state index contributed by atoms with van der Waals surface area (Å²) in [6, 6.07) is 0.775. The van der Waals surface area contributed by atoms with E-state index in [-0.39, 0.29) is 17.9 Å². The zero-order valence-electron chi connectivity index (χ0n) is 7.13. The summed E-state index contributed by atoms with van der Waals surface area (Å²) in [5.41, 5.74) is 5.22. The molecule has 1 saturated heterocycles. The third-order valence-electron chi connectivity index (χ3n) is 2.43. The molecule has 1 heterocycles. The zero-order chi connectivity index (χ0) is 8.43. The second kappa shape index (κ2) is 3.22. The number of primary amides is 1. The van der Waals surface area contributed by atoms with Crippen LogP contribution in [0.1, 0.15) is 26.7 Å². The summed E-state index contributed by atoms with van der Waals surface area (Å²) < 4.78 is 0. The molecule has 3 N–H and O–H groups in total. The van der Waals surface area contributed by atoms with Gasteiger partial charge in [-0.05, 0) is 26.7 Å². The first-order valence-corrected chi connectivity index (χ1v) is 4.16. The standard InChI is InChI=1S/C8H16N2O/c1-5-3-4-7(8(9)11)6(2)10-5/h5-7,10H,3-4H2,1-2H3,(H2,9,11). The van der Waals surface area contributed by atoms with Crippen LogP contribution in [0.4, 0.5) is 0 Å². The first-order chi connectivity index (χ1) is 5.11. The molecule has 3 atom stereocenters. The molecule has 0 aromatic rings. The van der Waals surface area contributed by atoms with Gasteiger partial charge in [-0.25, -0.2) is 0 Å². The van der Waals surface area contributed by atoms with E-state index in [0.29, 0.717) is 6.04 Å². The van der Waals surface area contributed by atoms with Crippen LogP contribution in [-0.2, 0) is 4.79 Å². The first-order valence-electron chi connectivity index (χ1n) is 4.16. The van der Waals surface area contributed by atoms with Gasteiger partial charge in [-0.3, -0.25) is 4.79 Å². The largest absolute Gasteiger partial charge is 0.369 e. The summed E-state index contributed by atoms with van der Waals surface area (Å²) >= 11 is 0. The molecule has 1 amide bonds. The van der Waals surface area contributed by atoms with E-state index >= 15 is 0 Å². The molecule has 0 aliphatic carbocycles. The maximum absolute atomic E-state index is 10.9. The van der Waals surface area contributed by atoms with E-state index in [2.05, 4.69) is 12.2 Å². The van der Waals surface area contributed by atoms with Crippen LogP contribution in [0, 0.1) is 5.92 Å². The number of carbonyl (C=O) groups excluding carboxylic acids is 1. The first kappa shape index (κ1) is 8.53. The highest BCUT2D eigenvalue weighted by Crippen LogP contribution is 2.18. The molecular weight excluding hydrogens is 140 g/mol. The fourth-order valence-corrected chi connectivity index (χ4v) is 1.72. The average molecular weight is 156 g/mol. The normalized spacial score (nSPS) is 38.5. The maximum Gasteiger partial charge on any atom is 0.222 e. The van der Waals surface area contributed by atoms with Gasteiger partial charge in [-0.2, -0.15) is 0 Å². The molecule has 1 aliphatic heterocycles. The van der Waals surface area contributed by atoms with Crippen molar-refractivity contribution in [3.05, 3.63) is 0 Å². The lowest BCUT2D eigenvalue weighted by atomic mass is 9.88. The molecule has 0 bridgehead atoms. The van der Waals surface area contributed by atoms with Crippen molar-refractivity contribution in [1.29, 1.82) is 0 Å². The molecule has 0 aromatic heterocycles. The summed E-state index contributed by atoms with van der Waals surface area (Å²) in [5.74, 6) is -0.136. The molecule has 0 aromatic carbocycles. The Morgan fingerprint density at radius 2 is 2.09 bits per heavy atom. The molecule has 1 rings (SSSR count). The highest BCUT2D eigenvalue weighted by molar-refractivity contribution is 5.77. The van der Waals surface area contributed by atoms with Crippen molar-refractivity contribution >= 4 is 5.91 Å². The van der Waals surface area contributed by atoms with Gasteiger partial charge in [-0.15, -0.1) is 0 Å². The van der Waals surface area contributed by atoms with Gasteiger partial charge in [0.05, 0.1) is 5.92 Å². The van der Waals surface area contributed by atoms with Crippen molar-refractivity contribution in [2.24, 2.45) is 11.7 Å². The summed E-state index contributed by atoms with van der Waals surface area (Å²) in [6.07, 6.45) is 1.99. The quantitative estimate of drug-likeness (QED) is 0.571. The summed E-state index contributed by atoms with van der Waals surface area (Å²) in [7, 11) is 0. The van der Waals surface area contributed by atoms with Crippen LogP contribution in [0.15, 0.2) is 0 Å². The highest BCUT2D eigenvalue weighted by Gasteiger charge is 2.28. The van der Waals surface area contributed by atoms with Gasteiger partial charge in [0, 0.05) is 12.1 Å². The molecule has 0 saturated carbocycles. The summed E-state index contributed by atoms with van der Waals surface area (Å²) in [6.45, 7) is 4.15. The van der Waals surface area contributed by atoms with Crippen LogP contribution in [0.25, 0.3) is 0 Å². The van der Waals surface area contributed by atoms with Crippen LogP contribution in [0.5, 0.6) is 0 Å². The van der Waals surface area contributed by atoms with Gasteiger partial charge in [-0.1, -0.05) is 0 Å². The smallest absolute Gasteiger partial charge is 0.222 e. The van der Waals surface area contributed by atoms with Crippen LogP contribution >= 0.6 is 0 Å². The Morgan fingerprint density at radius 3 is 2.55 bits per heavy atom. The number of nitrogens with one attached hydrogen (secondary N) is 1. The third kappa shape index (κ3) is 1.93. The third-order valence-corrected chi connectivity index (χ3v) is 2.43. The van der Waals surface area contributed by atoms with E-state index in [1.807, 2.05) is 6.92 Å². The lowest BCUT2D eigenvalue weighted by Gasteiger charge is -2.31. The van der Waals surface area contributed by atoms with Crippen molar-refractivity contribution in [3.63, 3.8) is 0 Å². The Bertz CT molecular complexity index is 158. The molecule has 3 unspecified atom stereocenters. The monoisotopic (exact) mass is 156 g/mol. The predicted octanol–water partition coefficient (Wildman–Crippen LogP) is 0.248. The molecule has 0 spiro atoms. The Labute approximate surface area is 67.3 Å². The minimum atomic E-state index is -0.170. The second-order valence-electron chi connectivity index (χ2n) is 3.44. The van der Waals surface area contributed by atoms with Crippen molar-refractivity contribution < 1.29 is 4.79 Å². The van der Waals surface area contributed by atoms with Crippen LogP contribution in [-0.4, -0.2) is 18.0 Å². The summed E-state index contributed by atoms with van der Waals surface area (Å²) in [4.78, 5) is 10.9. The second-order valence-corrected chi connectivity index (χ2v) is 3.44. The van der Waals surface area contributed by atoms with E-state index in [4.69, 9.17) is 5.73 Å². The Balaban J connectivity index is 2.50. The van der Waals surface area contributed by atoms with Crippen molar-refractivity contribution in [2.75, 3.05) is 0 Å². The fraction of sp³-hybridized carbons (Fsp3) is 0.875. The Kier molecular flexibility index (Phi) is 2.49. The molecule has 64 valence electrons. The number of amides is 1. The molecule has 1 fully saturated rings. The number of piperidine rings is 1. The van der Waals surface area contributed by atoms with E-state index in [9.17, 15) is 4.79 Å².